The molecule has 72 valence electrons. The maximum absolute atomic E-state index is 10.2. The van der Waals surface area contributed by atoms with E-state index in [9.17, 15) is 9.59 Å². The van der Waals surface area contributed by atoms with Gasteiger partial charge in [0.2, 0.25) is 0 Å². The lowest BCUT2D eigenvalue weighted by Gasteiger charge is -1.86. The molecule has 0 heterocycles. The van der Waals surface area contributed by atoms with Crippen molar-refractivity contribution in [1.82, 2.24) is 0 Å². The van der Waals surface area contributed by atoms with Crippen molar-refractivity contribution >= 4 is 11.8 Å². The number of carbonyl (C=O) groups is 2. The molecular weight excluding hydrogens is 160 g/mol. The molecule has 0 saturated carbocycles. The van der Waals surface area contributed by atoms with Crippen LogP contribution in [0.4, 0.5) is 0 Å². The number of carboxylic acid groups (broad SMARTS) is 1. The Morgan fingerprint density at radius 2 is 1.67 bits per heavy atom. The van der Waals surface area contributed by atoms with Gasteiger partial charge < -0.3 is 10.2 Å². The predicted molar refractivity (Wildman–Crippen MR) is 44.9 cm³/mol. The summed E-state index contributed by atoms with van der Waals surface area (Å²) in [6.07, 6.45) is 0.850. The van der Waals surface area contributed by atoms with Crippen LogP contribution in [0.1, 0.15) is 33.1 Å². The Balaban J connectivity index is 0. The molecule has 0 saturated heterocycles. The van der Waals surface area contributed by atoms with Crippen molar-refractivity contribution in [3.05, 3.63) is 0 Å². The molecule has 12 heavy (non-hydrogen) atoms. The number of carbonyl (C=O) groups excluding carboxylic acids is 1. The standard InChI is InChI=1S/C5H8O3.C3H8O/c1-2-4(6)3-5(7)8;1-2-3-4/h2-3H2,1H3,(H,7,8);4H,2-3H2,1H3. The monoisotopic (exact) mass is 176 g/mol. The van der Waals surface area contributed by atoms with Crippen LogP contribution < -0.4 is 0 Å². The zero-order valence-electron chi connectivity index (χ0n) is 7.54. The van der Waals surface area contributed by atoms with E-state index in [2.05, 4.69) is 0 Å². The molecule has 0 radical (unpaired) electrons. The zero-order chi connectivity index (χ0) is 9.98. The van der Waals surface area contributed by atoms with Crippen LogP contribution in [0.25, 0.3) is 0 Å². The Hall–Kier alpha value is -0.900. The van der Waals surface area contributed by atoms with E-state index < -0.39 is 5.97 Å². The van der Waals surface area contributed by atoms with Crippen LogP contribution in [-0.4, -0.2) is 28.6 Å². The molecule has 0 fully saturated rings. The van der Waals surface area contributed by atoms with E-state index in [1.54, 1.807) is 6.92 Å². The molecule has 0 atom stereocenters. The number of hydrogen-bond donors (Lipinski definition) is 2. The van der Waals surface area contributed by atoms with Gasteiger partial charge in [0.05, 0.1) is 0 Å². The van der Waals surface area contributed by atoms with Gasteiger partial charge in [-0.3, -0.25) is 9.59 Å². The number of aliphatic hydroxyl groups is 1. The third-order valence-electron chi connectivity index (χ3n) is 0.966. The highest BCUT2D eigenvalue weighted by Gasteiger charge is 2.02. The lowest BCUT2D eigenvalue weighted by molar-refractivity contribution is -0.140. The van der Waals surface area contributed by atoms with E-state index in [-0.39, 0.29) is 12.2 Å². The molecule has 0 spiro atoms. The number of Topliss-reactive ketones (excluding diaryl/α,β-unsaturated/α-hetero) is 1. The van der Waals surface area contributed by atoms with E-state index in [4.69, 9.17) is 10.2 Å². The van der Waals surface area contributed by atoms with Gasteiger partial charge in [-0.25, -0.2) is 0 Å². The maximum atomic E-state index is 10.2. The van der Waals surface area contributed by atoms with Crippen LogP contribution >= 0.6 is 0 Å². The zero-order valence-corrected chi connectivity index (χ0v) is 7.54. The van der Waals surface area contributed by atoms with Crippen molar-refractivity contribution in [2.24, 2.45) is 0 Å². The second-order valence-corrected chi connectivity index (χ2v) is 2.19. The lowest BCUT2D eigenvalue weighted by Crippen LogP contribution is -2.04. The third-order valence-corrected chi connectivity index (χ3v) is 0.966. The van der Waals surface area contributed by atoms with Crippen LogP contribution in [0.3, 0.4) is 0 Å². The van der Waals surface area contributed by atoms with Crippen LogP contribution in [-0.2, 0) is 9.59 Å². The normalized spacial score (nSPS) is 8.25. The molecule has 0 amide bonds. The van der Waals surface area contributed by atoms with Gasteiger partial charge in [0.15, 0.2) is 0 Å². The average Bonchev–Trinajstić information content (AvgIpc) is 2.04. The summed E-state index contributed by atoms with van der Waals surface area (Å²) in [7, 11) is 0. The fourth-order valence-electron chi connectivity index (χ4n) is 0.294. The van der Waals surface area contributed by atoms with Gasteiger partial charge >= 0.3 is 5.97 Å². The van der Waals surface area contributed by atoms with Crippen molar-refractivity contribution in [3.63, 3.8) is 0 Å². The second kappa shape index (κ2) is 10.1. The van der Waals surface area contributed by atoms with Gasteiger partial charge in [0.1, 0.15) is 12.2 Å². The molecule has 0 aliphatic heterocycles. The topological polar surface area (TPSA) is 74.6 Å². The van der Waals surface area contributed by atoms with Crippen LogP contribution in [0.2, 0.25) is 0 Å². The molecule has 0 aliphatic rings. The molecule has 0 aliphatic carbocycles. The van der Waals surface area contributed by atoms with Crippen LogP contribution in [0.5, 0.6) is 0 Å². The van der Waals surface area contributed by atoms with Gasteiger partial charge in [0.25, 0.3) is 0 Å². The summed E-state index contributed by atoms with van der Waals surface area (Å²) < 4.78 is 0. The molecular formula is C8H16O4. The summed E-state index contributed by atoms with van der Waals surface area (Å²) in [6, 6.07) is 0. The predicted octanol–water partition coefficient (Wildman–Crippen LogP) is 0.829. The molecule has 0 unspecified atom stereocenters. The first-order chi connectivity index (χ1) is 5.58. The lowest BCUT2D eigenvalue weighted by atomic mass is 10.2. The second-order valence-electron chi connectivity index (χ2n) is 2.19. The molecule has 0 aromatic carbocycles. The summed E-state index contributed by atoms with van der Waals surface area (Å²) in [5.74, 6) is -1.27. The first-order valence-corrected chi connectivity index (χ1v) is 3.92. The van der Waals surface area contributed by atoms with Crippen molar-refractivity contribution < 1.29 is 19.8 Å². The molecule has 0 aromatic heterocycles. The Morgan fingerprint density at radius 3 is 1.75 bits per heavy atom. The maximum Gasteiger partial charge on any atom is 0.310 e. The largest absolute Gasteiger partial charge is 0.481 e. The number of aliphatic hydroxyl groups excluding tert-OH is 1. The van der Waals surface area contributed by atoms with Gasteiger partial charge in [-0.2, -0.15) is 0 Å². The Bertz CT molecular complexity index is 129. The minimum absolute atomic E-state index is 0.225. The van der Waals surface area contributed by atoms with E-state index in [1.165, 1.54) is 0 Å². The van der Waals surface area contributed by atoms with E-state index in [1.807, 2.05) is 6.92 Å². The van der Waals surface area contributed by atoms with Crippen molar-refractivity contribution in [2.75, 3.05) is 6.61 Å². The van der Waals surface area contributed by atoms with Crippen LogP contribution in [0.15, 0.2) is 0 Å². The van der Waals surface area contributed by atoms with Gasteiger partial charge in [-0.15, -0.1) is 0 Å². The number of ketones is 1. The molecule has 0 bridgehead atoms. The first kappa shape index (κ1) is 13.7. The number of carboxylic acids is 1. The van der Waals surface area contributed by atoms with Crippen LogP contribution in [0, 0.1) is 0 Å². The Labute approximate surface area is 72.2 Å². The van der Waals surface area contributed by atoms with Crippen molar-refractivity contribution in [3.8, 4) is 0 Å². The summed E-state index contributed by atoms with van der Waals surface area (Å²) in [4.78, 5) is 20.0. The highest BCUT2D eigenvalue weighted by atomic mass is 16.4. The highest BCUT2D eigenvalue weighted by Crippen LogP contribution is 1.86. The fraction of sp³-hybridized carbons (Fsp3) is 0.750. The summed E-state index contributed by atoms with van der Waals surface area (Å²) in [5, 5.41) is 15.9. The Kier molecular flexibility index (Phi) is 11.5. The minimum Gasteiger partial charge on any atom is -0.481 e. The molecule has 4 nitrogen and oxygen atoms in total. The summed E-state index contributed by atoms with van der Waals surface area (Å²) in [5.41, 5.74) is 0. The van der Waals surface area contributed by atoms with E-state index >= 15 is 0 Å². The molecule has 4 heteroatoms. The first-order valence-electron chi connectivity index (χ1n) is 3.92. The van der Waals surface area contributed by atoms with Crippen molar-refractivity contribution in [1.29, 1.82) is 0 Å². The third kappa shape index (κ3) is 16.0. The van der Waals surface area contributed by atoms with E-state index in [0.717, 1.165) is 6.42 Å². The SMILES string of the molecule is CCC(=O)CC(=O)O.CCCO. The van der Waals surface area contributed by atoms with Gasteiger partial charge in [-0.05, 0) is 6.42 Å². The highest BCUT2D eigenvalue weighted by molar-refractivity contribution is 5.94. The summed E-state index contributed by atoms with van der Waals surface area (Å²) >= 11 is 0. The average molecular weight is 176 g/mol. The quantitative estimate of drug-likeness (QED) is 0.622. The Morgan fingerprint density at radius 1 is 1.25 bits per heavy atom. The van der Waals surface area contributed by atoms with Gasteiger partial charge in [0, 0.05) is 13.0 Å². The smallest absolute Gasteiger partial charge is 0.310 e. The number of aliphatic carboxylic acids is 1. The van der Waals surface area contributed by atoms with Crippen molar-refractivity contribution in [2.45, 2.75) is 33.1 Å². The fourth-order valence-corrected chi connectivity index (χ4v) is 0.294. The minimum atomic E-state index is -1.04. The number of hydrogen-bond acceptors (Lipinski definition) is 3. The number of rotatable bonds is 4. The molecule has 0 aromatic rings. The molecule has 2 N–H and O–H groups in total. The molecule has 0 rings (SSSR count). The van der Waals surface area contributed by atoms with Gasteiger partial charge in [-0.1, -0.05) is 13.8 Å². The van der Waals surface area contributed by atoms with E-state index in [0.29, 0.717) is 13.0 Å². The summed E-state index contributed by atoms with van der Waals surface area (Å²) in [6.45, 7) is 3.89.